The van der Waals surface area contributed by atoms with E-state index in [0.29, 0.717) is 24.2 Å². The summed E-state index contributed by atoms with van der Waals surface area (Å²) >= 11 is 0. The van der Waals surface area contributed by atoms with Crippen LogP contribution in [0.1, 0.15) is 38.3 Å². The van der Waals surface area contributed by atoms with E-state index in [9.17, 15) is 9.18 Å². The van der Waals surface area contributed by atoms with Gasteiger partial charge in [-0.1, -0.05) is 6.07 Å². The Labute approximate surface area is 178 Å². The number of carbonyl (C=O) groups is 1. The highest BCUT2D eigenvalue weighted by Crippen LogP contribution is 2.30. The molecule has 0 bridgehead atoms. The summed E-state index contributed by atoms with van der Waals surface area (Å²) in [5.41, 5.74) is 0.842. The Morgan fingerprint density at radius 1 is 1.30 bits per heavy atom. The molecule has 7 nitrogen and oxygen atoms in total. The van der Waals surface area contributed by atoms with Crippen LogP contribution in [0.3, 0.4) is 0 Å². The average Bonchev–Trinajstić information content (AvgIpc) is 3.56. The fraction of sp³-hybridized carbons (Fsp3) is 0.636. The summed E-state index contributed by atoms with van der Waals surface area (Å²) in [6, 6.07) is 5.04. The molecule has 1 atom stereocenters. The summed E-state index contributed by atoms with van der Waals surface area (Å²) in [7, 11) is 1.73. The Morgan fingerprint density at radius 3 is 2.63 bits per heavy atom. The van der Waals surface area contributed by atoms with Crippen LogP contribution in [0.25, 0.3) is 0 Å². The van der Waals surface area contributed by atoms with Crippen molar-refractivity contribution in [2.24, 2.45) is 10.9 Å². The standard InChI is InChI=1S/C22H34FN5O2/c1-16(19-6-7-21(20(23)14-19)30-15-18-4-5-18)26-22(24-3)25-8-9-27-10-12-28(13-11-27)17(2)29/h6-7,14,16,18H,4-5,8-13,15H2,1-3H3,(H2,24,25,26). The van der Waals surface area contributed by atoms with Gasteiger partial charge in [-0.25, -0.2) is 4.39 Å². The number of rotatable bonds is 8. The van der Waals surface area contributed by atoms with Crippen molar-refractivity contribution in [3.8, 4) is 5.75 Å². The predicted octanol–water partition coefficient (Wildman–Crippen LogP) is 2.00. The van der Waals surface area contributed by atoms with Crippen LogP contribution in [0.15, 0.2) is 23.2 Å². The molecule has 1 aliphatic carbocycles. The number of guanidine groups is 1. The number of nitrogens with zero attached hydrogens (tertiary/aromatic N) is 3. The quantitative estimate of drug-likeness (QED) is 0.498. The summed E-state index contributed by atoms with van der Waals surface area (Å²) in [5, 5.41) is 6.62. The van der Waals surface area contributed by atoms with E-state index in [1.807, 2.05) is 17.9 Å². The molecule has 1 saturated carbocycles. The molecule has 8 heteroatoms. The third-order valence-electron chi connectivity index (χ3n) is 5.74. The second-order valence-electron chi connectivity index (χ2n) is 8.16. The van der Waals surface area contributed by atoms with Crippen LogP contribution in [-0.2, 0) is 4.79 Å². The van der Waals surface area contributed by atoms with Gasteiger partial charge in [0, 0.05) is 53.2 Å². The Hall–Kier alpha value is -2.35. The SMILES string of the molecule is CN=C(NCCN1CCN(C(C)=O)CC1)NC(C)c1ccc(OCC2CC2)c(F)c1. The van der Waals surface area contributed by atoms with Gasteiger partial charge in [0.2, 0.25) is 5.91 Å². The number of amides is 1. The molecule has 1 aromatic rings. The smallest absolute Gasteiger partial charge is 0.219 e. The molecule has 0 radical (unpaired) electrons. The lowest BCUT2D eigenvalue weighted by molar-refractivity contribution is -0.130. The second kappa shape index (κ2) is 10.6. The molecule has 1 heterocycles. The van der Waals surface area contributed by atoms with Gasteiger partial charge in [-0.2, -0.15) is 0 Å². The van der Waals surface area contributed by atoms with E-state index in [1.165, 1.54) is 18.9 Å². The first kappa shape index (κ1) is 22.3. The van der Waals surface area contributed by atoms with Crippen LogP contribution < -0.4 is 15.4 Å². The van der Waals surface area contributed by atoms with E-state index in [2.05, 4.69) is 20.5 Å². The molecule has 1 aliphatic heterocycles. The summed E-state index contributed by atoms with van der Waals surface area (Å²) < 4.78 is 19.9. The first-order valence-electron chi connectivity index (χ1n) is 10.8. The van der Waals surface area contributed by atoms with E-state index in [4.69, 9.17) is 4.74 Å². The molecule has 30 heavy (non-hydrogen) atoms. The third-order valence-corrected chi connectivity index (χ3v) is 5.74. The van der Waals surface area contributed by atoms with E-state index in [1.54, 1.807) is 20.0 Å². The largest absolute Gasteiger partial charge is 0.490 e. The van der Waals surface area contributed by atoms with E-state index in [0.717, 1.165) is 44.8 Å². The minimum Gasteiger partial charge on any atom is -0.490 e. The van der Waals surface area contributed by atoms with Crippen molar-refractivity contribution >= 4 is 11.9 Å². The maximum absolute atomic E-state index is 14.4. The Bertz CT molecular complexity index is 745. The van der Waals surface area contributed by atoms with Gasteiger partial charge in [0.15, 0.2) is 17.5 Å². The third kappa shape index (κ3) is 6.58. The van der Waals surface area contributed by atoms with Crippen molar-refractivity contribution in [3.05, 3.63) is 29.6 Å². The fourth-order valence-electron chi connectivity index (χ4n) is 3.50. The van der Waals surface area contributed by atoms with Gasteiger partial charge in [-0.05, 0) is 43.4 Å². The lowest BCUT2D eigenvalue weighted by Gasteiger charge is -2.34. The number of piperazine rings is 1. The Morgan fingerprint density at radius 2 is 2.03 bits per heavy atom. The highest BCUT2D eigenvalue weighted by Gasteiger charge is 2.23. The fourth-order valence-corrected chi connectivity index (χ4v) is 3.50. The molecule has 1 unspecified atom stereocenters. The molecule has 166 valence electrons. The molecule has 2 N–H and O–H groups in total. The molecule has 0 spiro atoms. The van der Waals surface area contributed by atoms with Gasteiger partial charge in [0.1, 0.15) is 0 Å². The molecule has 0 aromatic heterocycles. The van der Waals surface area contributed by atoms with Gasteiger partial charge >= 0.3 is 0 Å². The first-order chi connectivity index (χ1) is 14.5. The minimum atomic E-state index is -0.325. The van der Waals surface area contributed by atoms with Crippen LogP contribution in [0.2, 0.25) is 0 Å². The van der Waals surface area contributed by atoms with Crippen molar-refractivity contribution in [1.82, 2.24) is 20.4 Å². The minimum absolute atomic E-state index is 0.0951. The summed E-state index contributed by atoms with van der Waals surface area (Å²) in [4.78, 5) is 19.9. The van der Waals surface area contributed by atoms with Crippen molar-refractivity contribution in [2.45, 2.75) is 32.7 Å². The Kier molecular flexibility index (Phi) is 7.90. The van der Waals surface area contributed by atoms with E-state index in [-0.39, 0.29) is 17.8 Å². The van der Waals surface area contributed by atoms with Gasteiger partial charge in [-0.3, -0.25) is 14.7 Å². The highest BCUT2D eigenvalue weighted by atomic mass is 19.1. The molecule has 3 rings (SSSR count). The molecule has 1 aromatic carbocycles. The zero-order valence-electron chi connectivity index (χ0n) is 18.3. The van der Waals surface area contributed by atoms with E-state index < -0.39 is 0 Å². The summed E-state index contributed by atoms with van der Waals surface area (Å²) in [6.07, 6.45) is 2.36. The Balaban J connectivity index is 1.41. The second-order valence-corrected chi connectivity index (χ2v) is 8.16. The topological polar surface area (TPSA) is 69.2 Å². The number of ether oxygens (including phenoxy) is 1. The van der Waals surface area contributed by atoms with E-state index >= 15 is 0 Å². The van der Waals surface area contributed by atoms with Crippen molar-refractivity contribution in [2.75, 3.05) is 52.9 Å². The van der Waals surface area contributed by atoms with Crippen molar-refractivity contribution in [1.29, 1.82) is 0 Å². The number of benzene rings is 1. The highest BCUT2D eigenvalue weighted by molar-refractivity contribution is 5.80. The van der Waals surface area contributed by atoms with Crippen LogP contribution >= 0.6 is 0 Å². The molecule has 2 aliphatic rings. The van der Waals surface area contributed by atoms with Crippen molar-refractivity contribution in [3.63, 3.8) is 0 Å². The van der Waals surface area contributed by atoms with Gasteiger partial charge < -0.3 is 20.3 Å². The first-order valence-corrected chi connectivity index (χ1v) is 10.8. The molecular weight excluding hydrogens is 385 g/mol. The van der Waals surface area contributed by atoms with Crippen LogP contribution in [0.4, 0.5) is 4.39 Å². The zero-order valence-corrected chi connectivity index (χ0v) is 18.3. The maximum Gasteiger partial charge on any atom is 0.219 e. The number of carbonyl (C=O) groups excluding carboxylic acids is 1. The van der Waals surface area contributed by atoms with Crippen LogP contribution in [-0.4, -0.2) is 74.6 Å². The molecule has 2 fully saturated rings. The lowest BCUT2D eigenvalue weighted by Crippen LogP contribution is -2.50. The summed E-state index contributed by atoms with van der Waals surface area (Å²) in [6.45, 7) is 9.16. The molecule has 1 amide bonds. The summed E-state index contributed by atoms with van der Waals surface area (Å²) in [5.74, 6) is 1.42. The number of nitrogens with one attached hydrogen (secondary N) is 2. The molecular formula is C22H34FN5O2. The lowest BCUT2D eigenvalue weighted by atomic mass is 10.1. The number of aliphatic imine (C=N–C) groups is 1. The number of hydrogen-bond acceptors (Lipinski definition) is 4. The van der Waals surface area contributed by atoms with Gasteiger partial charge in [0.05, 0.1) is 12.6 Å². The monoisotopic (exact) mass is 419 g/mol. The van der Waals surface area contributed by atoms with Crippen molar-refractivity contribution < 1.29 is 13.9 Å². The average molecular weight is 420 g/mol. The van der Waals surface area contributed by atoms with Gasteiger partial charge in [0.25, 0.3) is 0 Å². The predicted molar refractivity (Wildman–Crippen MR) is 116 cm³/mol. The number of hydrogen-bond donors (Lipinski definition) is 2. The van der Waals surface area contributed by atoms with Gasteiger partial charge in [-0.15, -0.1) is 0 Å². The van der Waals surface area contributed by atoms with Crippen LogP contribution in [0.5, 0.6) is 5.75 Å². The normalized spacial score (nSPS) is 18.8. The zero-order chi connectivity index (χ0) is 21.5. The van der Waals surface area contributed by atoms with Crippen LogP contribution in [0, 0.1) is 11.7 Å². The molecule has 1 saturated heterocycles. The maximum atomic E-state index is 14.4. The number of halogens is 1.